The number of rotatable bonds is 4. The van der Waals surface area contributed by atoms with Gasteiger partial charge in [-0.3, -0.25) is 0 Å². The first-order valence-corrected chi connectivity index (χ1v) is 7.37. The van der Waals surface area contributed by atoms with Crippen LogP contribution >= 0.6 is 0 Å². The van der Waals surface area contributed by atoms with E-state index in [0.29, 0.717) is 5.57 Å². The fourth-order valence-electron chi connectivity index (χ4n) is 2.42. The summed E-state index contributed by atoms with van der Waals surface area (Å²) in [6, 6.07) is 5.06. The molecular weight excluding hydrogens is 279 g/mol. The Morgan fingerprint density at radius 3 is 2.77 bits per heavy atom. The summed E-state index contributed by atoms with van der Waals surface area (Å²) in [4.78, 5) is 11.0. The van der Waals surface area contributed by atoms with Gasteiger partial charge in [0, 0.05) is 0 Å². The Morgan fingerprint density at radius 1 is 1.41 bits per heavy atom. The zero-order valence-corrected chi connectivity index (χ0v) is 13.1. The van der Waals surface area contributed by atoms with Crippen LogP contribution in [0.25, 0.3) is 6.08 Å². The van der Waals surface area contributed by atoms with Crippen molar-refractivity contribution >= 4 is 12.0 Å². The van der Waals surface area contributed by atoms with Gasteiger partial charge in [0.2, 0.25) is 0 Å². The molecule has 0 aliphatic heterocycles. The third-order valence-corrected chi connectivity index (χ3v) is 3.83. The Morgan fingerprint density at radius 2 is 2.14 bits per heavy atom. The summed E-state index contributed by atoms with van der Waals surface area (Å²) < 4.78 is 14.0. The van der Waals surface area contributed by atoms with Gasteiger partial charge in [-0.1, -0.05) is 36.4 Å². The predicted octanol–water partition coefficient (Wildman–Crippen LogP) is 4.96. The zero-order valence-electron chi connectivity index (χ0n) is 13.1. The van der Waals surface area contributed by atoms with Gasteiger partial charge in [0.05, 0.1) is 5.56 Å². The summed E-state index contributed by atoms with van der Waals surface area (Å²) in [5.41, 5.74) is 1.51. The average molecular weight is 300 g/mol. The Labute approximate surface area is 130 Å². The Balaban J connectivity index is 2.22. The van der Waals surface area contributed by atoms with Crippen molar-refractivity contribution < 1.29 is 14.3 Å². The molecule has 0 heterocycles. The summed E-state index contributed by atoms with van der Waals surface area (Å²) in [6.07, 6.45) is 10.5. The topological polar surface area (TPSA) is 37.3 Å². The number of carboxylic acids is 1. The van der Waals surface area contributed by atoms with Gasteiger partial charge in [-0.05, 0) is 61.9 Å². The second kappa shape index (κ2) is 6.30. The van der Waals surface area contributed by atoms with Gasteiger partial charge >= 0.3 is 5.97 Å². The highest BCUT2D eigenvalue weighted by Crippen LogP contribution is 2.29. The molecular formula is C19H21FO2. The molecule has 0 spiro atoms. The maximum Gasteiger partial charge on any atom is 0.335 e. The van der Waals surface area contributed by atoms with E-state index in [1.165, 1.54) is 0 Å². The molecule has 0 bridgehead atoms. The number of carboxylic acid groups (broad SMARTS) is 1. The van der Waals surface area contributed by atoms with E-state index < -0.39 is 11.6 Å². The fourth-order valence-corrected chi connectivity index (χ4v) is 2.42. The molecule has 0 radical (unpaired) electrons. The van der Waals surface area contributed by atoms with Crippen molar-refractivity contribution in [3.63, 3.8) is 0 Å². The van der Waals surface area contributed by atoms with Gasteiger partial charge in [0.25, 0.3) is 0 Å². The van der Waals surface area contributed by atoms with Crippen molar-refractivity contribution in [1.29, 1.82) is 0 Å². The number of halogens is 1. The first-order chi connectivity index (χ1) is 10.3. The van der Waals surface area contributed by atoms with Crippen molar-refractivity contribution in [3.05, 3.63) is 64.8 Å². The third-order valence-electron chi connectivity index (χ3n) is 3.83. The van der Waals surface area contributed by atoms with Gasteiger partial charge in [-0.15, -0.1) is 0 Å². The molecule has 1 aromatic carbocycles. The SMILES string of the molecule is Cc1ccc(C(=O)O)cc1/C=C/C1C=C(C(C)(C)F)C=CC1. The number of aromatic carboxylic acids is 1. The normalized spacial score (nSPS) is 18.5. The number of benzene rings is 1. The van der Waals surface area contributed by atoms with E-state index >= 15 is 0 Å². The fraction of sp³-hybridized carbons (Fsp3) is 0.316. The molecule has 0 saturated heterocycles. The molecule has 3 heteroatoms. The maximum atomic E-state index is 14.0. The summed E-state index contributed by atoms with van der Waals surface area (Å²) in [5, 5.41) is 9.06. The van der Waals surface area contributed by atoms with Crippen LogP contribution in [0.5, 0.6) is 0 Å². The number of allylic oxidation sites excluding steroid dienone is 5. The van der Waals surface area contributed by atoms with E-state index in [1.807, 2.05) is 37.3 Å². The van der Waals surface area contributed by atoms with Crippen LogP contribution in [0.15, 0.2) is 48.1 Å². The molecule has 1 aliphatic rings. The van der Waals surface area contributed by atoms with Crippen molar-refractivity contribution in [2.75, 3.05) is 0 Å². The van der Waals surface area contributed by atoms with Crippen LogP contribution in [0.4, 0.5) is 4.39 Å². The summed E-state index contributed by atoms with van der Waals surface area (Å²) in [5.74, 6) is -0.806. The third kappa shape index (κ3) is 3.94. The van der Waals surface area contributed by atoms with Gasteiger partial charge in [-0.2, -0.15) is 0 Å². The van der Waals surface area contributed by atoms with Crippen molar-refractivity contribution in [2.45, 2.75) is 32.9 Å². The van der Waals surface area contributed by atoms with Crippen LogP contribution in [-0.4, -0.2) is 16.7 Å². The molecule has 0 amide bonds. The van der Waals surface area contributed by atoms with E-state index in [-0.39, 0.29) is 11.5 Å². The van der Waals surface area contributed by atoms with Crippen LogP contribution in [-0.2, 0) is 0 Å². The van der Waals surface area contributed by atoms with E-state index in [2.05, 4.69) is 0 Å². The van der Waals surface area contributed by atoms with E-state index in [9.17, 15) is 9.18 Å². The smallest absolute Gasteiger partial charge is 0.335 e. The molecule has 2 nitrogen and oxygen atoms in total. The van der Waals surface area contributed by atoms with E-state index in [0.717, 1.165) is 17.5 Å². The van der Waals surface area contributed by atoms with Crippen molar-refractivity contribution in [3.8, 4) is 0 Å². The molecule has 0 aromatic heterocycles. The van der Waals surface area contributed by atoms with Crippen LogP contribution in [0.1, 0.15) is 41.8 Å². The van der Waals surface area contributed by atoms with E-state index in [4.69, 9.17) is 5.11 Å². The number of carbonyl (C=O) groups is 1. The highest BCUT2D eigenvalue weighted by molar-refractivity contribution is 5.88. The van der Waals surface area contributed by atoms with Crippen LogP contribution in [0, 0.1) is 12.8 Å². The summed E-state index contributed by atoms with van der Waals surface area (Å²) in [6.45, 7) is 5.05. The number of hydrogen-bond donors (Lipinski definition) is 1. The van der Waals surface area contributed by atoms with Crippen molar-refractivity contribution in [1.82, 2.24) is 0 Å². The average Bonchev–Trinajstić information content (AvgIpc) is 2.45. The maximum absolute atomic E-state index is 14.0. The summed E-state index contributed by atoms with van der Waals surface area (Å²) in [7, 11) is 0. The number of aryl methyl sites for hydroxylation is 1. The molecule has 1 aliphatic carbocycles. The minimum Gasteiger partial charge on any atom is -0.478 e. The lowest BCUT2D eigenvalue weighted by molar-refractivity contribution is 0.0697. The monoisotopic (exact) mass is 300 g/mol. The molecule has 0 saturated carbocycles. The second-order valence-corrected chi connectivity index (χ2v) is 6.13. The lowest BCUT2D eigenvalue weighted by Gasteiger charge is -2.21. The van der Waals surface area contributed by atoms with Crippen molar-refractivity contribution in [2.24, 2.45) is 5.92 Å². The molecule has 1 N–H and O–H groups in total. The first kappa shape index (κ1) is 16.2. The minimum atomic E-state index is -1.35. The highest BCUT2D eigenvalue weighted by Gasteiger charge is 2.22. The molecule has 2 rings (SSSR count). The van der Waals surface area contributed by atoms with Gasteiger partial charge in [0.15, 0.2) is 0 Å². The lowest BCUT2D eigenvalue weighted by Crippen LogP contribution is -2.17. The minimum absolute atomic E-state index is 0.128. The molecule has 22 heavy (non-hydrogen) atoms. The first-order valence-electron chi connectivity index (χ1n) is 7.37. The van der Waals surface area contributed by atoms with E-state index in [1.54, 1.807) is 32.0 Å². The quantitative estimate of drug-likeness (QED) is 0.853. The standard InChI is InChI=1S/C19H21FO2/c1-13-7-9-16(18(21)22)12-15(13)10-8-14-5-4-6-17(11-14)19(2,3)20/h4,6-12,14H,5H2,1-3H3,(H,21,22)/b10-8+. The molecule has 1 unspecified atom stereocenters. The summed E-state index contributed by atoms with van der Waals surface area (Å²) >= 11 is 0. The van der Waals surface area contributed by atoms with Gasteiger partial charge in [-0.25, -0.2) is 9.18 Å². The predicted molar refractivity (Wildman–Crippen MR) is 87.7 cm³/mol. The Kier molecular flexibility index (Phi) is 4.65. The number of hydrogen-bond acceptors (Lipinski definition) is 1. The van der Waals surface area contributed by atoms with Crippen LogP contribution in [0.3, 0.4) is 0 Å². The molecule has 1 aromatic rings. The van der Waals surface area contributed by atoms with Crippen LogP contribution < -0.4 is 0 Å². The van der Waals surface area contributed by atoms with Crippen LogP contribution in [0.2, 0.25) is 0 Å². The molecule has 116 valence electrons. The Hall–Kier alpha value is -2.16. The molecule has 0 fully saturated rings. The second-order valence-electron chi connectivity index (χ2n) is 6.13. The highest BCUT2D eigenvalue weighted by atomic mass is 19.1. The largest absolute Gasteiger partial charge is 0.478 e. The Bertz CT molecular complexity index is 661. The number of alkyl halides is 1. The lowest BCUT2D eigenvalue weighted by atomic mass is 9.88. The van der Waals surface area contributed by atoms with Gasteiger partial charge in [0.1, 0.15) is 5.67 Å². The molecule has 1 atom stereocenters. The zero-order chi connectivity index (χ0) is 16.3. The van der Waals surface area contributed by atoms with Gasteiger partial charge < -0.3 is 5.11 Å².